The minimum Gasteiger partial charge on any atom is -0.548 e. The van der Waals surface area contributed by atoms with Gasteiger partial charge in [0.2, 0.25) is 10.0 Å². The van der Waals surface area contributed by atoms with Crippen molar-refractivity contribution in [3.05, 3.63) is 29.8 Å². The number of amides is 1. The third kappa shape index (κ3) is 4.00. The van der Waals surface area contributed by atoms with Gasteiger partial charge in [0.1, 0.15) is 0 Å². The number of hydrogen-bond donors (Lipinski definition) is 1. The molecule has 0 heterocycles. The number of aliphatic carboxylic acids is 1. The molecule has 1 aromatic rings. The Labute approximate surface area is 184 Å². The zero-order valence-corrected chi connectivity index (χ0v) is 19.0. The van der Waals surface area contributed by atoms with Crippen LogP contribution in [0.3, 0.4) is 0 Å². The maximum absolute atomic E-state index is 12.9. The number of benzene rings is 1. The zero-order valence-electron chi connectivity index (χ0n) is 18.2. The molecule has 0 aliphatic heterocycles. The van der Waals surface area contributed by atoms with Gasteiger partial charge in [0.15, 0.2) is 0 Å². The predicted octanol–water partition coefficient (Wildman–Crippen LogP) is 1.78. The van der Waals surface area contributed by atoms with E-state index in [1.807, 2.05) is 0 Å². The van der Waals surface area contributed by atoms with E-state index in [-0.39, 0.29) is 10.5 Å². The second-order valence-corrected chi connectivity index (χ2v) is 11.6. The van der Waals surface area contributed by atoms with Crippen LogP contribution in [0.25, 0.3) is 0 Å². The number of carboxylic acids is 1. The Bertz CT molecular complexity index is 917. The first-order valence-corrected chi connectivity index (χ1v) is 12.7. The molecule has 4 bridgehead atoms. The fourth-order valence-corrected chi connectivity index (χ4v) is 8.16. The maximum atomic E-state index is 12.9. The molecule has 0 radical (unpaired) electrons. The first-order valence-electron chi connectivity index (χ1n) is 11.3. The van der Waals surface area contributed by atoms with E-state index < -0.39 is 33.4 Å². The van der Waals surface area contributed by atoms with Crippen molar-refractivity contribution in [2.75, 3.05) is 13.1 Å². The van der Waals surface area contributed by atoms with Gasteiger partial charge in [0.05, 0.1) is 16.9 Å². The summed E-state index contributed by atoms with van der Waals surface area (Å²) in [5.74, 6) is -0.0773. The molecule has 7 nitrogen and oxygen atoms in total. The van der Waals surface area contributed by atoms with Crippen molar-refractivity contribution >= 4 is 21.9 Å². The molecule has 31 heavy (non-hydrogen) atoms. The van der Waals surface area contributed by atoms with Crippen LogP contribution in [0.15, 0.2) is 29.2 Å². The molecule has 0 spiro atoms. The number of carboxylic acid groups (broad SMARTS) is 1. The molecular weight excluding hydrogens is 416 g/mol. The molecule has 4 fully saturated rings. The van der Waals surface area contributed by atoms with Crippen LogP contribution in [0, 0.1) is 23.2 Å². The lowest BCUT2D eigenvalue weighted by molar-refractivity contribution is -0.313. The van der Waals surface area contributed by atoms with Crippen molar-refractivity contribution in [2.24, 2.45) is 23.2 Å². The van der Waals surface area contributed by atoms with E-state index in [0.29, 0.717) is 30.8 Å². The molecule has 8 heteroatoms. The van der Waals surface area contributed by atoms with Crippen LogP contribution in [0.4, 0.5) is 0 Å². The van der Waals surface area contributed by atoms with E-state index in [0.717, 1.165) is 19.3 Å². The van der Waals surface area contributed by atoms with Crippen molar-refractivity contribution in [1.29, 1.82) is 0 Å². The first kappa shape index (κ1) is 22.3. The van der Waals surface area contributed by atoms with Crippen LogP contribution >= 0.6 is 0 Å². The van der Waals surface area contributed by atoms with Gasteiger partial charge in [0, 0.05) is 18.7 Å². The standard InChI is InChI=1S/C23H32N2O5S/c1-3-25(4-2)31(29,30)19-7-5-18(6-8-19)21(26)24-20(22(27)28)23-12-15-9-16(13-23)11-17(10-15)14-23/h5-8,15-17,20H,3-4,9-14H2,1-2H3,(H,24,26)(H,27,28)/p-1/t15?,16?,17?,20-,23?/m1/s1. The van der Waals surface area contributed by atoms with Crippen molar-refractivity contribution < 1.29 is 23.1 Å². The van der Waals surface area contributed by atoms with E-state index in [2.05, 4.69) is 5.32 Å². The smallest absolute Gasteiger partial charge is 0.251 e. The second kappa shape index (κ2) is 8.20. The first-order chi connectivity index (χ1) is 14.7. The molecule has 4 aliphatic rings. The minimum absolute atomic E-state index is 0.116. The molecule has 1 amide bonds. The molecule has 4 aliphatic carbocycles. The Hall–Kier alpha value is -1.93. The lowest BCUT2D eigenvalue weighted by Crippen LogP contribution is -2.62. The van der Waals surface area contributed by atoms with Crippen molar-refractivity contribution in [3.63, 3.8) is 0 Å². The van der Waals surface area contributed by atoms with Gasteiger partial charge in [-0.15, -0.1) is 0 Å². The largest absolute Gasteiger partial charge is 0.548 e. The van der Waals surface area contributed by atoms with Crippen LogP contribution in [0.2, 0.25) is 0 Å². The second-order valence-electron chi connectivity index (χ2n) is 9.62. The molecule has 0 aromatic heterocycles. The lowest BCUT2D eigenvalue weighted by atomic mass is 9.47. The number of rotatable bonds is 8. The zero-order chi connectivity index (χ0) is 22.4. The molecule has 1 atom stereocenters. The van der Waals surface area contributed by atoms with Crippen molar-refractivity contribution in [3.8, 4) is 0 Å². The van der Waals surface area contributed by atoms with Crippen LogP contribution in [-0.4, -0.2) is 43.7 Å². The maximum Gasteiger partial charge on any atom is 0.251 e. The van der Waals surface area contributed by atoms with Crippen LogP contribution in [-0.2, 0) is 14.8 Å². The highest BCUT2D eigenvalue weighted by Gasteiger charge is 2.54. The molecule has 1 aromatic carbocycles. The topological polar surface area (TPSA) is 107 Å². The van der Waals surface area contributed by atoms with E-state index in [1.165, 1.54) is 47.8 Å². The number of sulfonamides is 1. The molecule has 4 saturated carbocycles. The van der Waals surface area contributed by atoms with Gasteiger partial charge in [-0.1, -0.05) is 13.8 Å². The Kier molecular flexibility index (Phi) is 5.89. The summed E-state index contributed by atoms with van der Waals surface area (Å²) in [6.07, 6.45) is 6.03. The fraction of sp³-hybridized carbons (Fsp3) is 0.652. The summed E-state index contributed by atoms with van der Waals surface area (Å²) in [6, 6.07) is 4.67. The summed E-state index contributed by atoms with van der Waals surface area (Å²) in [5, 5.41) is 14.8. The molecule has 5 rings (SSSR count). The third-order valence-electron chi connectivity index (χ3n) is 7.67. The van der Waals surface area contributed by atoms with E-state index >= 15 is 0 Å². The van der Waals surface area contributed by atoms with Crippen molar-refractivity contribution in [1.82, 2.24) is 9.62 Å². The highest BCUT2D eigenvalue weighted by molar-refractivity contribution is 7.89. The molecule has 1 N–H and O–H groups in total. The summed E-state index contributed by atoms with van der Waals surface area (Å²) in [6.45, 7) is 4.26. The Morgan fingerprint density at radius 3 is 1.94 bits per heavy atom. The fourth-order valence-electron chi connectivity index (χ4n) is 6.70. The van der Waals surface area contributed by atoms with Crippen LogP contribution in [0.5, 0.6) is 0 Å². The predicted molar refractivity (Wildman–Crippen MR) is 113 cm³/mol. The average molecular weight is 448 g/mol. The molecular formula is C23H31N2O5S-. The quantitative estimate of drug-likeness (QED) is 0.654. The number of nitrogens with zero attached hydrogens (tertiary/aromatic N) is 1. The van der Waals surface area contributed by atoms with Gasteiger partial charge < -0.3 is 15.2 Å². The van der Waals surface area contributed by atoms with Gasteiger partial charge in [-0.25, -0.2) is 8.42 Å². The Morgan fingerprint density at radius 2 is 1.52 bits per heavy atom. The number of carbonyl (C=O) groups is 2. The molecule has 0 saturated heterocycles. The van der Waals surface area contributed by atoms with Crippen LogP contribution in [0.1, 0.15) is 62.7 Å². The molecule has 0 unspecified atom stereocenters. The summed E-state index contributed by atoms with van der Waals surface area (Å²) < 4.78 is 26.6. The Balaban J connectivity index is 1.52. The van der Waals surface area contributed by atoms with Crippen molar-refractivity contribution in [2.45, 2.75) is 63.3 Å². The monoisotopic (exact) mass is 447 g/mol. The lowest BCUT2D eigenvalue weighted by Gasteiger charge is -2.59. The number of carbonyl (C=O) groups excluding carboxylic acids is 2. The van der Waals surface area contributed by atoms with Gasteiger partial charge in [-0.05, 0) is 86.0 Å². The van der Waals surface area contributed by atoms with E-state index in [4.69, 9.17) is 0 Å². The van der Waals surface area contributed by atoms with E-state index in [1.54, 1.807) is 13.8 Å². The average Bonchev–Trinajstić information content (AvgIpc) is 2.71. The van der Waals surface area contributed by atoms with E-state index in [9.17, 15) is 23.1 Å². The number of hydrogen-bond acceptors (Lipinski definition) is 5. The normalized spacial score (nSPS) is 30.4. The summed E-state index contributed by atoms with van der Waals surface area (Å²) in [7, 11) is -3.61. The van der Waals surface area contributed by atoms with Crippen LogP contribution < -0.4 is 10.4 Å². The number of nitrogens with one attached hydrogen (secondary N) is 1. The highest BCUT2D eigenvalue weighted by atomic mass is 32.2. The summed E-state index contributed by atoms with van der Waals surface area (Å²) >= 11 is 0. The third-order valence-corrected chi connectivity index (χ3v) is 9.73. The highest BCUT2D eigenvalue weighted by Crippen LogP contribution is 2.61. The van der Waals surface area contributed by atoms with Gasteiger partial charge in [0.25, 0.3) is 5.91 Å². The van der Waals surface area contributed by atoms with Gasteiger partial charge >= 0.3 is 0 Å². The SMILES string of the molecule is CCN(CC)S(=O)(=O)c1ccc(C(=O)N[C@H](C(=O)[O-])C23CC4CC(CC(C4)C2)C3)cc1. The minimum atomic E-state index is -3.61. The van der Waals surface area contributed by atoms with Gasteiger partial charge in [-0.2, -0.15) is 4.31 Å². The molecule has 170 valence electrons. The Morgan fingerprint density at radius 1 is 1.03 bits per heavy atom. The summed E-state index contributed by atoms with van der Waals surface area (Å²) in [4.78, 5) is 25.1. The summed E-state index contributed by atoms with van der Waals surface area (Å²) in [5.41, 5.74) is -0.176. The van der Waals surface area contributed by atoms with Gasteiger partial charge in [-0.3, -0.25) is 4.79 Å².